The quantitative estimate of drug-likeness (QED) is 0.737. The van der Waals surface area contributed by atoms with Gasteiger partial charge in [0.1, 0.15) is 11.1 Å². The third-order valence-corrected chi connectivity index (χ3v) is 2.68. The summed E-state index contributed by atoms with van der Waals surface area (Å²) in [5.74, 6) is 0. The molecule has 1 aromatic heterocycles. The van der Waals surface area contributed by atoms with Crippen molar-refractivity contribution in [3.05, 3.63) is 23.9 Å². The van der Waals surface area contributed by atoms with E-state index in [1.165, 1.54) is 11.8 Å². The molecule has 1 heterocycles. The molecule has 4 heteroatoms. The maximum atomic E-state index is 8.77. The van der Waals surface area contributed by atoms with E-state index in [1.54, 1.807) is 18.3 Å². The van der Waals surface area contributed by atoms with Gasteiger partial charge in [0, 0.05) is 18.0 Å². The van der Waals surface area contributed by atoms with Crippen LogP contribution >= 0.6 is 11.8 Å². The molecular formula is C9H11N3S. The summed E-state index contributed by atoms with van der Waals surface area (Å²) in [5.41, 5.74) is 6.10. The van der Waals surface area contributed by atoms with Gasteiger partial charge in [-0.05, 0) is 12.1 Å². The summed E-state index contributed by atoms with van der Waals surface area (Å²) in [5, 5.41) is 9.83. The third kappa shape index (κ3) is 2.72. The number of nitrogens with zero attached hydrogens (tertiary/aromatic N) is 2. The molecule has 1 aromatic rings. The van der Waals surface area contributed by atoms with Crippen LogP contribution in [0, 0.1) is 11.3 Å². The molecule has 0 amide bonds. The fourth-order valence-corrected chi connectivity index (χ4v) is 1.65. The molecule has 2 N–H and O–H groups in total. The Kier molecular flexibility index (Phi) is 3.74. The van der Waals surface area contributed by atoms with E-state index in [0.29, 0.717) is 17.4 Å². The molecule has 0 spiro atoms. The standard InChI is InChI=1S/C9H11N3S/c1-7(5-10)13-9-8(6-11)3-2-4-12-9/h2-4,7H,5,10H2,1H3. The van der Waals surface area contributed by atoms with Gasteiger partial charge in [-0.1, -0.05) is 6.92 Å². The SMILES string of the molecule is CC(CN)Sc1ncccc1C#N. The molecule has 0 aliphatic heterocycles. The third-order valence-electron chi connectivity index (χ3n) is 1.54. The van der Waals surface area contributed by atoms with Gasteiger partial charge in [-0.2, -0.15) is 5.26 Å². The van der Waals surface area contributed by atoms with E-state index >= 15 is 0 Å². The van der Waals surface area contributed by atoms with Gasteiger partial charge in [0.2, 0.25) is 0 Å². The van der Waals surface area contributed by atoms with Crippen molar-refractivity contribution in [3.63, 3.8) is 0 Å². The molecule has 0 fully saturated rings. The summed E-state index contributed by atoms with van der Waals surface area (Å²) < 4.78 is 0. The molecule has 13 heavy (non-hydrogen) atoms. The number of thioether (sulfide) groups is 1. The first-order valence-corrected chi connectivity index (χ1v) is 4.87. The maximum Gasteiger partial charge on any atom is 0.114 e. The van der Waals surface area contributed by atoms with Crippen molar-refractivity contribution >= 4 is 11.8 Å². The number of hydrogen-bond acceptors (Lipinski definition) is 4. The van der Waals surface area contributed by atoms with Crippen LogP contribution in [0.2, 0.25) is 0 Å². The van der Waals surface area contributed by atoms with Gasteiger partial charge in [-0.25, -0.2) is 4.98 Å². The molecule has 0 saturated carbocycles. The second-order valence-corrected chi connectivity index (χ2v) is 4.06. The molecule has 1 atom stereocenters. The molecule has 1 rings (SSSR count). The molecule has 0 aliphatic rings. The Hall–Kier alpha value is -1.05. The van der Waals surface area contributed by atoms with E-state index < -0.39 is 0 Å². The first-order valence-electron chi connectivity index (χ1n) is 3.99. The summed E-state index contributed by atoms with van der Waals surface area (Å²) in [6.07, 6.45) is 1.69. The molecule has 0 aliphatic carbocycles. The fraction of sp³-hybridized carbons (Fsp3) is 0.333. The zero-order valence-electron chi connectivity index (χ0n) is 7.40. The Morgan fingerprint density at radius 1 is 1.77 bits per heavy atom. The summed E-state index contributed by atoms with van der Waals surface area (Å²) in [6.45, 7) is 2.60. The Labute approximate surface area is 82.0 Å². The van der Waals surface area contributed by atoms with Gasteiger partial charge in [0.05, 0.1) is 5.56 Å². The predicted molar refractivity (Wildman–Crippen MR) is 53.3 cm³/mol. The highest BCUT2D eigenvalue weighted by Gasteiger charge is 2.07. The van der Waals surface area contributed by atoms with Crippen LogP contribution in [0.25, 0.3) is 0 Å². The molecule has 68 valence electrons. The number of nitriles is 1. The van der Waals surface area contributed by atoms with Gasteiger partial charge in [-0.3, -0.25) is 0 Å². The highest BCUT2D eigenvalue weighted by molar-refractivity contribution is 7.99. The molecule has 0 saturated heterocycles. The van der Waals surface area contributed by atoms with Crippen molar-refractivity contribution in [3.8, 4) is 6.07 Å². The molecule has 3 nitrogen and oxygen atoms in total. The summed E-state index contributed by atoms with van der Waals surface area (Å²) in [6, 6.07) is 5.62. The number of nitrogens with two attached hydrogens (primary N) is 1. The Morgan fingerprint density at radius 2 is 2.54 bits per heavy atom. The van der Waals surface area contributed by atoms with Crippen LogP contribution in [-0.2, 0) is 0 Å². The minimum atomic E-state index is 0.294. The van der Waals surface area contributed by atoms with E-state index in [9.17, 15) is 0 Å². The highest BCUT2D eigenvalue weighted by atomic mass is 32.2. The molecule has 1 unspecified atom stereocenters. The number of rotatable bonds is 3. The zero-order valence-corrected chi connectivity index (χ0v) is 8.21. The van der Waals surface area contributed by atoms with Crippen LogP contribution in [0.5, 0.6) is 0 Å². The monoisotopic (exact) mass is 193 g/mol. The van der Waals surface area contributed by atoms with E-state index in [4.69, 9.17) is 11.0 Å². The van der Waals surface area contributed by atoms with Crippen LogP contribution in [0.3, 0.4) is 0 Å². The van der Waals surface area contributed by atoms with Crippen molar-refractivity contribution in [1.29, 1.82) is 5.26 Å². The maximum absolute atomic E-state index is 8.77. The first-order chi connectivity index (χ1) is 6.27. The van der Waals surface area contributed by atoms with Crippen molar-refractivity contribution < 1.29 is 0 Å². The number of aromatic nitrogens is 1. The lowest BCUT2D eigenvalue weighted by Crippen LogP contribution is -2.12. The Morgan fingerprint density at radius 3 is 3.15 bits per heavy atom. The van der Waals surface area contributed by atoms with E-state index in [1.807, 2.05) is 6.92 Å². The van der Waals surface area contributed by atoms with Gasteiger partial charge >= 0.3 is 0 Å². The normalized spacial score (nSPS) is 12.1. The average molecular weight is 193 g/mol. The summed E-state index contributed by atoms with van der Waals surface area (Å²) in [4.78, 5) is 4.12. The minimum absolute atomic E-state index is 0.294. The van der Waals surface area contributed by atoms with Crippen LogP contribution < -0.4 is 5.73 Å². The molecule has 0 aromatic carbocycles. The lowest BCUT2D eigenvalue weighted by atomic mass is 10.3. The lowest BCUT2D eigenvalue weighted by molar-refractivity contribution is 0.943. The molecule has 0 radical (unpaired) electrons. The summed E-state index contributed by atoms with van der Waals surface area (Å²) in [7, 11) is 0. The van der Waals surface area contributed by atoms with Gasteiger partial charge in [0.15, 0.2) is 0 Å². The van der Waals surface area contributed by atoms with Crippen molar-refractivity contribution in [2.75, 3.05) is 6.54 Å². The second-order valence-electron chi connectivity index (χ2n) is 2.63. The van der Waals surface area contributed by atoms with Crippen LogP contribution in [0.4, 0.5) is 0 Å². The fourth-order valence-electron chi connectivity index (χ4n) is 0.808. The van der Waals surface area contributed by atoms with E-state index in [0.717, 1.165) is 5.03 Å². The topological polar surface area (TPSA) is 62.7 Å². The number of pyridine rings is 1. The van der Waals surface area contributed by atoms with Gasteiger partial charge < -0.3 is 5.73 Å². The van der Waals surface area contributed by atoms with E-state index in [-0.39, 0.29) is 0 Å². The average Bonchev–Trinajstić information content (AvgIpc) is 2.18. The smallest absolute Gasteiger partial charge is 0.114 e. The van der Waals surface area contributed by atoms with Crippen molar-refractivity contribution in [2.24, 2.45) is 5.73 Å². The molecular weight excluding hydrogens is 182 g/mol. The zero-order chi connectivity index (χ0) is 9.68. The Balaban J connectivity index is 2.82. The van der Waals surface area contributed by atoms with E-state index in [2.05, 4.69) is 11.1 Å². The van der Waals surface area contributed by atoms with Gasteiger partial charge in [-0.15, -0.1) is 11.8 Å². The number of hydrogen-bond donors (Lipinski definition) is 1. The largest absolute Gasteiger partial charge is 0.329 e. The van der Waals surface area contributed by atoms with Crippen molar-refractivity contribution in [1.82, 2.24) is 4.98 Å². The minimum Gasteiger partial charge on any atom is -0.329 e. The second kappa shape index (κ2) is 4.85. The predicted octanol–water partition coefficient (Wildman–Crippen LogP) is 1.39. The Bertz CT molecular complexity index is 319. The first kappa shape index (κ1) is 10.0. The summed E-state index contributed by atoms with van der Waals surface area (Å²) >= 11 is 1.54. The van der Waals surface area contributed by atoms with Gasteiger partial charge in [0.25, 0.3) is 0 Å². The van der Waals surface area contributed by atoms with Crippen molar-refractivity contribution in [2.45, 2.75) is 17.2 Å². The highest BCUT2D eigenvalue weighted by Crippen LogP contribution is 2.22. The van der Waals surface area contributed by atoms with Crippen LogP contribution in [-0.4, -0.2) is 16.8 Å². The van der Waals surface area contributed by atoms with Crippen LogP contribution in [0.1, 0.15) is 12.5 Å². The molecule has 0 bridgehead atoms. The lowest BCUT2D eigenvalue weighted by Gasteiger charge is -2.07. The van der Waals surface area contributed by atoms with Crippen LogP contribution in [0.15, 0.2) is 23.4 Å².